The van der Waals surface area contributed by atoms with E-state index in [0.717, 1.165) is 13.0 Å². The van der Waals surface area contributed by atoms with Gasteiger partial charge in [0.1, 0.15) is 5.82 Å². The summed E-state index contributed by atoms with van der Waals surface area (Å²) >= 11 is 0. The van der Waals surface area contributed by atoms with Crippen LogP contribution in [0.1, 0.15) is 30.6 Å². The molecule has 1 aliphatic rings. The number of carbonyl (C=O) groups is 1. The van der Waals surface area contributed by atoms with E-state index < -0.39 is 0 Å². The Kier molecular flexibility index (Phi) is 3.81. The molecule has 0 spiro atoms. The number of pyridine rings is 1. The summed E-state index contributed by atoms with van der Waals surface area (Å²) in [6.45, 7) is 5.97. The highest BCUT2D eigenvalue weighted by Crippen LogP contribution is 2.19. The Morgan fingerprint density at radius 1 is 1.61 bits per heavy atom. The Morgan fingerprint density at radius 3 is 3.11 bits per heavy atom. The highest BCUT2D eigenvalue weighted by atomic mass is 16.5. The van der Waals surface area contributed by atoms with Crippen molar-refractivity contribution in [3.05, 3.63) is 23.9 Å². The summed E-state index contributed by atoms with van der Waals surface area (Å²) in [7, 11) is 0. The number of hydrogen-bond donors (Lipinski definition) is 2. The molecule has 0 bridgehead atoms. The topological polar surface area (TPSA) is 63.2 Å². The Hall–Kier alpha value is -1.62. The van der Waals surface area contributed by atoms with Gasteiger partial charge in [-0.25, -0.2) is 4.98 Å². The van der Waals surface area contributed by atoms with Gasteiger partial charge in [0.05, 0.1) is 17.7 Å². The molecular formula is C13H19N3O2. The molecular weight excluding hydrogens is 230 g/mol. The number of carbonyl (C=O) groups excluding carboxylic acids is 1. The number of aromatic nitrogens is 1. The van der Waals surface area contributed by atoms with Crippen molar-refractivity contribution in [2.45, 2.75) is 25.8 Å². The lowest BCUT2D eigenvalue weighted by atomic mass is 10.0. The molecule has 5 heteroatoms. The third kappa shape index (κ3) is 2.79. The van der Waals surface area contributed by atoms with Crippen molar-refractivity contribution in [2.24, 2.45) is 0 Å². The average molecular weight is 249 g/mol. The molecule has 1 unspecified atom stereocenters. The zero-order valence-corrected chi connectivity index (χ0v) is 10.8. The summed E-state index contributed by atoms with van der Waals surface area (Å²) in [4.78, 5) is 16.4. The molecule has 18 heavy (non-hydrogen) atoms. The van der Waals surface area contributed by atoms with Crippen LogP contribution >= 0.6 is 0 Å². The van der Waals surface area contributed by atoms with Crippen molar-refractivity contribution >= 4 is 11.7 Å². The maximum absolute atomic E-state index is 12.3. The number of anilines is 1. The fourth-order valence-corrected chi connectivity index (χ4v) is 2.00. The van der Waals surface area contributed by atoms with Crippen LogP contribution in [0.5, 0.6) is 0 Å². The normalized spacial score (nSPS) is 22.8. The lowest BCUT2D eigenvalue weighted by Gasteiger charge is -2.24. The van der Waals surface area contributed by atoms with Crippen molar-refractivity contribution in [1.82, 2.24) is 10.3 Å². The molecule has 2 heterocycles. The lowest BCUT2D eigenvalue weighted by molar-refractivity contribution is 0.0890. The van der Waals surface area contributed by atoms with Crippen LogP contribution in [0.2, 0.25) is 0 Å². The van der Waals surface area contributed by atoms with Gasteiger partial charge in [-0.2, -0.15) is 0 Å². The predicted octanol–water partition coefficient (Wildman–Crippen LogP) is 1.42. The van der Waals surface area contributed by atoms with Gasteiger partial charge >= 0.3 is 0 Å². The quantitative estimate of drug-likeness (QED) is 0.847. The van der Waals surface area contributed by atoms with Crippen LogP contribution in [0.3, 0.4) is 0 Å². The predicted molar refractivity (Wildman–Crippen MR) is 69.7 cm³/mol. The molecule has 1 fully saturated rings. The zero-order valence-electron chi connectivity index (χ0n) is 10.8. The van der Waals surface area contributed by atoms with Gasteiger partial charge < -0.3 is 15.4 Å². The first-order chi connectivity index (χ1) is 8.64. The first-order valence-electron chi connectivity index (χ1n) is 6.24. The molecule has 1 aromatic heterocycles. The summed E-state index contributed by atoms with van der Waals surface area (Å²) in [6.07, 6.45) is 2.52. The fourth-order valence-electron chi connectivity index (χ4n) is 2.00. The molecule has 1 aromatic rings. The molecule has 2 N–H and O–H groups in total. The van der Waals surface area contributed by atoms with Gasteiger partial charge in [-0.15, -0.1) is 0 Å². The van der Waals surface area contributed by atoms with Crippen LogP contribution in [0.15, 0.2) is 18.3 Å². The van der Waals surface area contributed by atoms with Crippen LogP contribution < -0.4 is 10.6 Å². The lowest BCUT2D eigenvalue weighted by Crippen LogP contribution is -2.46. The van der Waals surface area contributed by atoms with Crippen molar-refractivity contribution in [1.29, 1.82) is 0 Å². The molecule has 98 valence electrons. The number of hydrogen-bond acceptors (Lipinski definition) is 4. The number of ether oxygens (including phenoxy) is 1. The van der Waals surface area contributed by atoms with E-state index in [0.29, 0.717) is 24.6 Å². The van der Waals surface area contributed by atoms with E-state index in [2.05, 4.69) is 15.6 Å². The van der Waals surface area contributed by atoms with Crippen molar-refractivity contribution < 1.29 is 9.53 Å². The highest BCUT2D eigenvalue weighted by Gasteiger charge is 2.32. The standard InChI is InChI=1S/C13H19N3O2/c1-3-14-11-10(5-4-7-15-11)12(17)16-13(2)6-8-18-9-13/h4-5,7H,3,6,8-9H2,1-2H3,(H,14,15)(H,16,17). The average Bonchev–Trinajstić information content (AvgIpc) is 2.77. The SMILES string of the molecule is CCNc1ncccc1C(=O)NC1(C)CCOC1. The summed E-state index contributed by atoms with van der Waals surface area (Å²) in [5.74, 6) is 0.520. The third-order valence-corrected chi connectivity index (χ3v) is 3.03. The summed E-state index contributed by atoms with van der Waals surface area (Å²) < 4.78 is 5.33. The van der Waals surface area contributed by atoms with Crippen molar-refractivity contribution in [2.75, 3.05) is 25.1 Å². The van der Waals surface area contributed by atoms with Gasteiger partial charge in [0, 0.05) is 19.3 Å². The van der Waals surface area contributed by atoms with Gasteiger partial charge in [-0.1, -0.05) is 0 Å². The van der Waals surface area contributed by atoms with Crippen molar-refractivity contribution in [3.8, 4) is 0 Å². The smallest absolute Gasteiger partial charge is 0.255 e. The number of nitrogens with one attached hydrogen (secondary N) is 2. The van der Waals surface area contributed by atoms with Crippen LogP contribution in [-0.2, 0) is 4.74 Å². The van der Waals surface area contributed by atoms with E-state index in [1.54, 1.807) is 18.3 Å². The van der Waals surface area contributed by atoms with Gasteiger partial charge in [0.2, 0.25) is 0 Å². The highest BCUT2D eigenvalue weighted by molar-refractivity contribution is 5.99. The molecule has 0 radical (unpaired) electrons. The Balaban J connectivity index is 2.13. The van der Waals surface area contributed by atoms with Gasteiger partial charge in [-0.3, -0.25) is 4.79 Å². The first-order valence-corrected chi connectivity index (χ1v) is 6.24. The Bertz CT molecular complexity index is 428. The van der Waals surface area contributed by atoms with E-state index in [9.17, 15) is 4.79 Å². The number of rotatable bonds is 4. The molecule has 0 aliphatic carbocycles. The second-order valence-electron chi connectivity index (χ2n) is 4.75. The van der Waals surface area contributed by atoms with E-state index >= 15 is 0 Å². The van der Waals surface area contributed by atoms with E-state index in [-0.39, 0.29) is 11.4 Å². The fraction of sp³-hybridized carbons (Fsp3) is 0.538. The van der Waals surface area contributed by atoms with Crippen LogP contribution in [0.25, 0.3) is 0 Å². The first kappa shape index (κ1) is 12.8. The molecule has 0 saturated carbocycles. The monoisotopic (exact) mass is 249 g/mol. The summed E-state index contributed by atoms with van der Waals surface area (Å²) in [6, 6.07) is 3.54. The molecule has 1 aliphatic heterocycles. The zero-order chi connectivity index (χ0) is 13.0. The number of amides is 1. The van der Waals surface area contributed by atoms with Crippen LogP contribution in [0.4, 0.5) is 5.82 Å². The van der Waals surface area contributed by atoms with Gasteiger partial charge in [0.15, 0.2) is 0 Å². The Labute approximate surface area is 107 Å². The minimum Gasteiger partial charge on any atom is -0.379 e. The van der Waals surface area contributed by atoms with E-state index in [1.807, 2.05) is 13.8 Å². The minimum absolute atomic E-state index is 0.105. The van der Waals surface area contributed by atoms with Gasteiger partial charge in [0.25, 0.3) is 5.91 Å². The second kappa shape index (κ2) is 5.35. The van der Waals surface area contributed by atoms with Crippen LogP contribution in [0, 0.1) is 0 Å². The molecule has 1 saturated heterocycles. The molecule has 5 nitrogen and oxygen atoms in total. The third-order valence-electron chi connectivity index (χ3n) is 3.03. The summed E-state index contributed by atoms with van der Waals surface area (Å²) in [5.41, 5.74) is 0.309. The van der Waals surface area contributed by atoms with Crippen LogP contribution in [-0.4, -0.2) is 36.2 Å². The maximum Gasteiger partial charge on any atom is 0.255 e. The largest absolute Gasteiger partial charge is 0.379 e. The molecule has 2 rings (SSSR count). The number of nitrogens with zero attached hydrogens (tertiary/aromatic N) is 1. The minimum atomic E-state index is -0.267. The maximum atomic E-state index is 12.3. The molecule has 1 amide bonds. The summed E-state index contributed by atoms with van der Waals surface area (Å²) in [5, 5.41) is 6.12. The molecule has 1 atom stereocenters. The Morgan fingerprint density at radius 2 is 2.44 bits per heavy atom. The second-order valence-corrected chi connectivity index (χ2v) is 4.75. The van der Waals surface area contributed by atoms with E-state index in [1.165, 1.54) is 0 Å². The van der Waals surface area contributed by atoms with E-state index in [4.69, 9.17) is 4.74 Å². The van der Waals surface area contributed by atoms with Gasteiger partial charge in [-0.05, 0) is 32.4 Å². The molecule has 0 aromatic carbocycles. The van der Waals surface area contributed by atoms with Crippen molar-refractivity contribution in [3.63, 3.8) is 0 Å².